The van der Waals surface area contributed by atoms with Gasteiger partial charge in [0.2, 0.25) is 0 Å². The van der Waals surface area contributed by atoms with Crippen LogP contribution in [-0.4, -0.2) is 30.1 Å². The van der Waals surface area contributed by atoms with Crippen molar-refractivity contribution in [2.75, 3.05) is 21.3 Å². The molecule has 0 aliphatic rings. The molecule has 0 saturated heterocycles. The maximum atomic E-state index is 5.56. The van der Waals surface area contributed by atoms with Gasteiger partial charge in [0.15, 0.2) is 0 Å². The predicted octanol–water partition coefficient (Wildman–Crippen LogP) is 0.404. The Balaban J connectivity index is 3.94. The Morgan fingerprint density at radius 2 is 1.71 bits per heavy atom. The average Bonchev–Trinajstić information content (AvgIpc) is 2.25. The minimum Gasteiger partial charge on any atom is -0.403 e. The lowest BCUT2D eigenvalue weighted by atomic mass is 10.3. The van der Waals surface area contributed by atoms with Crippen LogP contribution < -0.4 is 11.5 Å². The van der Waals surface area contributed by atoms with Crippen LogP contribution in [0.4, 0.5) is 0 Å². The van der Waals surface area contributed by atoms with Gasteiger partial charge in [0, 0.05) is 39.3 Å². The summed E-state index contributed by atoms with van der Waals surface area (Å²) in [7, 11) is 2.38. The van der Waals surface area contributed by atoms with Crippen LogP contribution >= 0.6 is 0 Å². The third-order valence-electron chi connectivity index (χ3n) is 2.10. The summed E-state index contributed by atoms with van der Waals surface area (Å²) in [5.74, 6) is 0. The first-order valence-corrected chi connectivity index (χ1v) is 6.39. The molecule has 0 bridgehead atoms. The monoisotopic (exact) mass is 220 g/mol. The smallest absolute Gasteiger partial charge is 0.403 e. The summed E-state index contributed by atoms with van der Waals surface area (Å²) in [4.78, 5) is 0. The molecule has 0 atom stereocenters. The van der Waals surface area contributed by atoms with E-state index in [-0.39, 0.29) is 0 Å². The minimum atomic E-state index is -2.42. The molecule has 4 N–H and O–H groups in total. The fourth-order valence-electron chi connectivity index (χ4n) is 1.15. The standard InChI is InChI=1S/C8H20N2O3Si/c1-11-14(12-2,13-3)6-4-5-8(10)7-9/h7H,4-6,9-10H2,1-3H3. The Labute approximate surface area is 86.4 Å². The molecule has 0 heterocycles. The molecule has 0 unspecified atom stereocenters. The van der Waals surface area contributed by atoms with E-state index in [0.717, 1.165) is 18.9 Å². The molecule has 6 heteroatoms. The normalized spacial score (nSPS) is 13.2. The molecule has 0 aliphatic heterocycles. The van der Waals surface area contributed by atoms with Gasteiger partial charge in [-0.1, -0.05) is 0 Å². The first-order chi connectivity index (χ1) is 6.64. The number of nitrogens with two attached hydrogens (primary N) is 2. The molecule has 0 aromatic carbocycles. The highest BCUT2D eigenvalue weighted by Crippen LogP contribution is 2.17. The van der Waals surface area contributed by atoms with Gasteiger partial charge >= 0.3 is 8.80 Å². The van der Waals surface area contributed by atoms with E-state index < -0.39 is 8.80 Å². The quantitative estimate of drug-likeness (QED) is 0.607. The second-order valence-electron chi connectivity index (χ2n) is 2.89. The van der Waals surface area contributed by atoms with E-state index in [4.69, 9.17) is 24.7 Å². The average molecular weight is 220 g/mol. The van der Waals surface area contributed by atoms with E-state index in [9.17, 15) is 0 Å². The van der Waals surface area contributed by atoms with Gasteiger partial charge in [-0.05, 0) is 12.8 Å². The molecule has 0 aliphatic carbocycles. The second kappa shape index (κ2) is 6.83. The molecule has 5 nitrogen and oxygen atoms in total. The Morgan fingerprint density at radius 3 is 2.07 bits per heavy atom. The van der Waals surface area contributed by atoms with E-state index in [1.54, 1.807) is 21.3 Å². The molecule has 84 valence electrons. The van der Waals surface area contributed by atoms with Crippen LogP contribution in [0.15, 0.2) is 11.9 Å². The molecular weight excluding hydrogens is 200 g/mol. The molecule has 14 heavy (non-hydrogen) atoms. The number of allylic oxidation sites excluding steroid dienone is 1. The van der Waals surface area contributed by atoms with Crippen molar-refractivity contribution < 1.29 is 13.3 Å². The van der Waals surface area contributed by atoms with E-state index in [0.29, 0.717) is 5.70 Å². The van der Waals surface area contributed by atoms with Gasteiger partial charge < -0.3 is 24.7 Å². The summed E-state index contributed by atoms with van der Waals surface area (Å²) in [6, 6.07) is 0.741. The van der Waals surface area contributed by atoms with Crippen molar-refractivity contribution in [2.45, 2.75) is 18.9 Å². The molecule has 0 aromatic rings. The maximum absolute atomic E-state index is 5.56. The van der Waals surface area contributed by atoms with Crippen LogP contribution in [-0.2, 0) is 13.3 Å². The highest BCUT2D eigenvalue weighted by Gasteiger charge is 2.36. The van der Waals surface area contributed by atoms with Crippen LogP contribution in [0.5, 0.6) is 0 Å². The first kappa shape index (κ1) is 13.4. The van der Waals surface area contributed by atoms with Crippen molar-refractivity contribution in [3.8, 4) is 0 Å². The zero-order valence-electron chi connectivity index (χ0n) is 9.08. The van der Waals surface area contributed by atoms with Gasteiger partial charge in [-0.15, -0.1) is 0 Å². The van der Waals surface area contributed by atoms with Gasteiger partial charge in [0.25, 0.3) is 0 Å². The predicted molar refractivity (Wildman–Crippen MR) is 57.3 cm³/mol. The summed E-state index contributed by atoms with van der Waals surface area (Å²) < 4.78 is 15.8. The Morgan fingerprint density at radius 1 is 1.21 bits per heavy atom. The van der Waals surface area contributed by atoms with Gasteiger partial charge in [0.1, 0.15) is 0 Å². The lowest BCUT2D eigenvalue weighted by Crippen LogP contribution is -2.42. The number of hydrogen-bond acceptors (Lipinski definition) is 5. The molecule has 0 amide bonds. The van der Waals surface area contributed by atoms with Crippen LogP contribution in [0.25, 0.3) is 0 Å². The zero-order valence-corrected chi connectivity index (χ0v) is 10.1. The summed E-state index contributed by atoms with van der Waals surface area (Å²) in [6.45, 7) is 0. The van der Waals surface area contributed by atoms with Crippen molar-refractivity contribution in [1.82, 2.24) is 0 Å². The summed E-state index contributed by atoms with van der Waals surface area (Å²) in [5, 5.41) is 0. The van der Waals surface area contributed by atoms with Crippen molar-refractivity contribution in [2.24, 2.45) is 11.5 Å². The lowest BCUT2D eigenvalue weighted by molar-refractivity contribution is 0.123. The highest BCUT2D eigenvalue weighted by molar-refractivity contribution is 6.60. The van der Waals surface area contributed by atoms with Gasteiger partial charge in [-0.2, -0.15) is 0 Å². The lowest BCUT2D eigenvalue weighted by Gasteiger charge is -2.24. The van der Waals surface area contributed by atoms with Gasteiger partial charge in [-0.3, -0.25) is 0 Å². The second-order valence-corrected chi connectivity index (χ2v) is 5.98. The van der Waals surface area contributed by atoms with Gasteiger partial charge in [0.05, 0.1) is 0 Å². The van der Waals surface area contributed by atoms with Crippen molar-refractivity contribution in [3.63, 3.8) is 0 Å². The van der Waals surface area contributed by atoms with Crippen molar-refractivity contribution in [1.29, 1.82) is 0 Å². The largest absolute Gasteiger partial charge is 0.500 e. The maximum Gasteiger partial charge on any atom is 0.500 e. The fourth-order valence-corrected chi connectivity index (χ4v) is 2.87. The first-order valence-electron chi connectivity index (χ1n) is 4.45. The van der Waals surface area contributed by atoms with Crippen LogP contribution in [0.2, 0.25) is 6.04 Å². The van der Waals surface area contributed by atoms with Crippen molar-refractivity contribution in [3.05, 3.63) is 11.9 Å². The SMILES string of the molecule is CO[Si](CCCC(N)=CN)(OC)OC. The zero-order chi connectivity index (χ0) is 11.0. The highest BCUT2D eigenvalue weighted by atomic mass is 28.4. The Bertz CT molecular complexity index is 175. The Hall–Kier alpha value is -0.563. The number of hydrogen-bond donors (Lipinski definition) is 2. The third kappa shape index (κ3) is 4.10. The van der Waals surface area contributed by atoms with Gasteiger partial charge in [-0.25, -0.2) is 0 Å². The molecule has 0 aromatic heterocycles. The molecule has 0 radical (unpaired) electrons. The molecule has 0 rings (SSSR count). The topological polar surface area (TPSA) is 79.7 Å². The minimum absolute atomic E-state index is 0.677. The van der Waals surface area contributed by atoms with E-state index in [2.05, 4.69) is 0 Å². The summed E-state index contributed by atoms with van der Waals surface area (Å²) >= 11 is 0. The van der Waals surface area contributed by atoms with Crippen LogP contribution in [0.1, 0.15) is 12.8 Å². The molecule has 0 spiro atoms. The molecule has 0 saturated carbocycles. The van der Waals surface area contributed by atoms with E-state index in [1.807, 2.05) is 0 Å². The third-order valence-corrected chi connectivity index (χ3v) is 4.93. The number of rotatable bonds is 7. The van der Waals surface area contributed by atoms with Crippen LogP contribution in [0, 0.1) is 0 Å². The summed E-state index contributed by atoms with van der Waals surface area (Å²) in [5.41, 5.74) is 11.5. The molecule has 0 fully saturated rings. The fraction of sp³-hybridized carbons (Fsp3) is 0.750. The van der Waals surface area contributed by atoms with Crippen molar-refractivity contribution >= 4 is 8.80 Å². The van der Waals surface area contributed by atoms with Crippen LogP contribution in [0.3, 0.4) is 0 Å². The Kier molecular flexibility index (Phi) is 6.55. The summed E-state index contributed by atoms with van der Waals surface area (Å²) in [6.07, 6.45) is 3.00. The molecular formula is C8H20N2O3Si. The van der Waals surface area contributed by atoms with E-state index in [1.165, 1.54) is 6.20 Å². The van der Waals surface area contributed by atoms with E-state index >= 15 is 0 Å².